The molecule has 0 fully saturated rings. The van der Waals surface area contributed by atoms with Crippen molar-refractivity contribution in [1.29, 1.82) is 0 Å². The smallest absolute Gasteiger partial charge is 0.305 e. The van der Waals surface area contributed by atoms with Crippen molar-refractivity contribution in [1.82, 2.24) is 4.57 Å². The van der Waals surface area contributed by atoms with Crippen molar-refractivity contribution in [3.8, 4) is 0 Å². The first-order valence-corrected chi connectivity index (χ1v) is 7.25. The maximum absolute atomic E-state index is 11.4. The Bertz CT molecular complexity index is 625. The minimum atomic E-state index is -0.103. The van der Waals surface area contributed by atoms with Gasteiger partial charge in [-0.3, -0.25) is 4.79 Å². The highest BCUT2D eigenvalue weighted by Crippen LogP contribution is 2.25. The maximum Gasteiger partial charge on any atom is 0.305 e. The molecule has 0 saturated heterocycles. The number of aryl methyl sites for hydroxylation is 4. The van der Waals surface area contributed by atoms with Gasteiger partial charge < -0.3 is 9.30 Å². The van der Waals surface area contributed by atoms with Gasteiger partial charge in [-0.05, 0) is 51.8 Å². The molecule has 0 atom stereocenters. The molecule has 0 aliphatic carbocycles. The molecule has 0 saturated carbocycles. The lowest BCUT2D eigenvalue weighted by Crippen LogP contribution is -2.07. The molecule has 1 aromatic heterocycles. The van der Waals surface area contributed by atoms with E-state index in [1.54, 1.807) is 0 Å². The highest BCUT2D eigenvalue weighted by atomic mass is 16.5. The molecule has 0 unspecified atom stereocenters. The van der Waals surface area contributed by atoms with Crippen LogP contribution >= 0.6 is 0 Å². The molecule has 0 amide bonds. The number of rotatable bonds is 5. The van der Waals surface area contributed by atoms with Crippen LogP contribution in [0.1, 0.15) is 36.6 Å². The lowest BCUT2D eigenvalue weighted by Gasteiger charge is -2.10. The summed E-state index contributed by atoms with van der Waals surface area (Å²) in [5, 5.41) is 1.29. The van der Waals surface area contributed by atoms with Gasteiger partial charge in [0.05, 0.1) is 12.1 Å². The average Bonchev–Trinajstić information content (AvgIpc) is 2.66. The second-order valence-corrected chi connectivity index (χ2v) is 5.37. The Morgan fingerprint density at radius 2 is 1.95 bits per heavy atom. The molecular weight excluding hydrogens is 250 g/mol. The van der Waals surface area contributed by atoms with Gasteiger partial charge in [0.15, 0.2) is 0 Å². The van der Waals surface area contributed by atoms with Crippen LogP contribution in [0.15, 0.2) is 18.2 Å². The Morgan fingerprint density at radius 1 is 1.20 bits per heavy atom. The van der Waals surface area contributed by atoms with E-state index < -0.39 is 0 Å². The number of aromatic nitrogens is 1. The molecule has 20 heavy (non-hydrogen) atoms. The van der Waals surface area contributed by atoms with Crippen LogP contribution in [-0.2, 0) is 16.1 Å². The molecule has 0 N–H and O–H groups in total. The number of hydrogen-bond donors (Lipinski definition) is 0. The molecule has 3 nitrogen and oxygen atoms in total. The van der Waals surface area contributed by atoms with E-state index in [2.05, 4.69) is 43.5 Å². The van der Waals surface area contributed by atoms with Crippen molar-refractivity contribution in [3.05, 3.63) is 35.0 Å². The molecule has 2 aromatic rings. The van der Waals surface area contributed by atoms with Crippen molar-refractivity contribution in [3.63, 3.8) is 0 Å². The molecule has 0 aliphatic heterocycles. The third-order valence-corrected chi connectivity index (χ3v) is 3.60. The molecule has 108 valence electrons. The first-order valence-electron chi connectivity index (χ1n) is 7.25. The van der Waals surface area contributed by atoms with Gasteiger partial charge in [0.25, 0.3) is 0 Å². The summed E-state index contributed by atoms with van der Waals surface area (Å²) in [6.07, 6.45) is 1.30. The van der Waals surface area contributed by atoms with Gasteiger partial charge in [-0.15, -0.1) is 0 Å². The van der Waals surface area contributed by atoms with Gasteiger partial charge in [-0.25, -0.2) is 0 Å². The van der Waals surface area contributed by atoms with E-state index in [1.165, 1.54) is 27.7 Å². The zero-order valence-corrected chi connectivity index (χ0v) is 12.8. The van der Waals surface area contributed by atoms with E-state index in [9.17, 15) is 4.79 Å². The largest absolute Gasteiger partial charge is 0.466 e. The number of fused-ring (bicyclic) bond motifs is 1. The normalized spacial score (nSPS) is 11.0. The van der Waals surface area contributed by atoms with E-state index in [-0.39, 0.29) is 5.97 Å². The molecule has 1 heterocycles. The van der Waals surface area contributed by atoms with Gasteiger partial charge in [-0.2, -0.15) is 0 Å². The van der Waals surface area contributed by atoms with Crippen LogP contribution in [0.3, 0.4) is 0 Å². The number of hydrogen-bond acceptors (Lipinski definition) is 2. The molecule has 2 rings (SSSR count). The topological polar surface area (TPSA) is 31.2 Å². The Kier molecular flexibility index (Phi) is 4.48. The predicted octanol–water partition coefficient (Wildman–Crippen LogP) is 3.91. The van der Waals surface area contributed by atoms with Crippen LogP contribution in [0.4, 0.5) is 0 Å². The van der Waals surface area contributed by atoms with Crippen molar-refractivity contribution in [2.45, 2.75) is 47.1 Å². The maximum atomic E-state index is 11.4. The van der Waals surface area contributed by atoms with Gasteiger partial charge in [0.2, 0.25) is 0 Å². The van der Waals surface area contributed by atoms with E-state index in [1.807, 2.05) is 6.92 Å². The predicted molar refractivity (Wildman–Crippen MR) is 82.0 cm³/mol. The summed E-state index contributed by atoms with van der Waals surface area (Å²) in [5.74, 6) is -0.103. The lowest BCUT2D eigenvalue weighted by atomic mass is 10.1. The van der Waals surface area contributed by atoms with E-state index in [0.717, 1.165) is 13.0 Å². The van der Waals surface area contributed by atoms with Gasteiger partial charge >= 0.3 is 5.97 Å². The summed E-state index contributed by atoms with van der Waals surface area (Å²) in [6.45, 7) is 9.56. The standard InChI is InChI=1S/C17H23NO2/c1-5-20-16(19)7-6-8-18-14(4)11-15-10-12(2)9-13(3)17(15)18/h9-11H,5-8H2,1-4H3. The summed E-state index contributed by atoms with van der Waals surface area (Å²) in [6, 6.07) is 6.65. The molecule has 3 heteroatoms. The van der Waals surface area contributed by atoms with E-state index in [4.69, 9.17) is 4.74 Å². The first kappa shape index (κ1) is 14.6. The summed E-state index contributed by atoms with van der Waals surface area (Å²) in [5.41, 5.74) is 5.12. The minimum absolute atomic E-state index is 0.103. The van der Waals surface area contributed by atoms with Crippen LogP contribution in [0.25, 0.3) is 10.9 Å². The average molecular weight is 273 g/mol. The van der Waals surface area contributed by atoms with E-state index >= 15 is 0 Å². The van der Waals surface area contributed by atoms with Gasteiger partial charge in [-0.1, -0.05) is 11.6 Å². The summed E-state index contributed by atoms with van der Waals surface area (Å²) < 4.78 is 7.28. The SMILES string of the molecule is CCOC(=O)CCCn1c(C)cc2cc(C)cc(C)c21. The van der Waals surface area contributed by atoms with Gasteiger partial charge in [0, 0.05) is 24.0 Å². The lowest BCUT2D eigenvalue weighted by molar-refractivity contribution is -0.143. The molecule has 0 aliphatic rings. The third-order valence-electron chi connectivity index (χ3n) is 3.60. The number of esters is 1. The van der Waals surface area contributed by atoms with Crippen LogP contribution in [0, 0.1) is 20.8 Å². The first-order chi connectivity index (χ1) is 9.52. The summed E-state index contributed by atoms with van der Waals surface area (Å²) >= 11 is 0. The van der Waals surface area contributed by atoms with Crippen molar-refractivity contribution in [2.24, 2.45) is 0 Å². The zero-order valence-electron chi connectivity index (χ0n) is 12.8. The monoisotopic (exact) mass is 273 g/mol. The van der Waals surface area contributed by atoms with Crippen molar-refractivity contribution < 1.29 is 9.53 Å². The molecular formula is C17H23NO2. The number of benzene rings is 1. The Balaban J connectivity index is 2.18. The van der Waals surface area contributed by atoms with Crippen LogP contribution in [-0.4, -0.2) is 17.1 Å². The molecule has 0 bridgehead atoms. The number of carbonyl (C=O) groups is 1. The van der Waals surface area contributed by atoms with Crippen LogP contribution < -0.4 is 0 Å². The Hall–Kier alpha value is -1.77. The number of carbonyl (C=O) groups excluding carboxylic acids is 1. The third kappa shape index (κ3) is 3.03. The fourth-order valence-corrected chi connectivity index (χ4v) is 2.85. The van der Waals surface area contributed by atoms with Gasteiger partial charge in [0.1, 0.15) is 0 Å². The Morgan fingerprint density at radius 3 is 2.65 bits per heavy atom. The summed E-state index contributed by atoms with van der Waals surface area (Å²) in [4.78, 5) is 11.4. The fraction of sp³-hybridized carbons (Fsp3) is 0.471. The fourth-order valence-electron chi connectivity index (χ4n) is 2.85. The quantitative estimate of drug-likeness (QED) is 0.773. The summed E-state index contributed by atoms with van der Waals surface area (Å²) in [7, 11) is 0. The second-order valence-electron chi connectivity index (χ2n) is 5.37. The van der Waals surface area contributed by atoms with Crippen LogP contribution in [0.2, 0.25) is 0 Å². The second kappa shape index (κ2) is 6.12. The molecule has 0 spiro atoms. The van der Waals surface area contributed by atoms with E-state index in [0.29, 0.717) is 13.0 Å². The van der Waals surface area contributed by atoms with Crippen molar-refractivity contribution in [2.75, 3.05) is 6.61 Å². The number of nitrogens with zero attached hydrogens (tertiary/aromatic N) is 1. The number of ether oxygens (including phenoxy) is 1. The zero-order chi connectivity index (χ0) is 14.7. The minimum Gasteiger partial charge on any atom is -0.466 e. The van der Waals surface area contributed by atoms with Crippen molar-refractivity contribution >= 4 is 16.9 Å². The molecule has 0 radical (unpaired) electrons. The highest BCUT2D eigenvalue weighted by Gasteiger charge is 2.09. The molecule has 1 aromatic carbocycles. The Labute approximate surface area is 120 Å². The van der Waals surface area contributed by atoms with Crippen LogP contribution in [0.5, 0.6) is 0 Å². The highest BCUT2D eigenvalue weighted by molar-refractivity contribution is 5.85.